The maximum Gasteiger partial charge on any atom is 0.260 e. The van der Waals surface area contributed by atoms with Crippen molar-refractivity contribution in [3.8, 4) is 16.9 Å². The molecule has 1 aliphatic rings. The first kappa shape index (κ1) is 20.3. The van der Waals surface area contributed by atoms with Crippen LogP contribution in [-0.2, 0) is 4.79 Å². The number of carbonyl (C=O) groups excluding carboxylic acids is 1. The average Bonchev–Trinajstić information content (AvgIpc) is 2.70. The number of halogens is 2. The van der Waals surface area contributed by atoms with Gasteiger partial charge in [-0.2, -0.15) is 0 Å². The van der Waals surface area contributed by atoms with Crippen LogP contribution in [0.1, 0.15) is 19.8 Å². The Morgan fingerprint density at radius 3 is 2.29 bits per heavy atom. The molecule has 1 unspecified atom stereocenters. The highest BCUT2D eigenvalue weighted by Gasteiger charge is 2.24. The van der Waals surface area contributed by atoms with Crippen molar-refractivity contribution < 1.29 is 18.3 Å². The Bertz CT molecular complexity index is 745. The van der Waals surface area contributed by atoms with E-state index in [1.807, 2.05) is 54.6 Å². The second-order valence-corrected chi connectivity index (χ2v) is 7.13. The van der Waals surface area contributed by atoms with Crippen LogP contribution in [0.4, 0.5) is 8.78 Å². The van der Waals surface area contributed by atoms with Gasteiger partial charge in [-0.25, -0.2) is 8.78 Å². The lowest BCUT2D eigenvalue weighted by atomic mass is 10.0. The predicted octanol–water partition coefficient (Wildman–Crippen LogP) is 3.97. The van der Waals surface area contributed by atoms with E-state index in [4.69, 9.17) is 4.74 Å². The van der Waals surface area contributed by atoms with Gasteiger partial charge in [0.25, 0.3) is 12.3 Å². The molecule has 2 aromatic carbocycles. The predicted molar refractivity (Wildman–Crippen MR) is 106 cm³/mol. The molecule has 0 bridgehead atoms. The topological polar surface area (TPSA) is 41.6 Å². The van der Waals surface area contributed by atoms with Crippen LogP contribution in [0.5, 0.6) is 5.75 Å². The first-order chi connectivity index (χ1) is 13.5. The van der Waals surface area contributed by atoms with Crippen molar-refractivity contribution in [2.45, 2.75) is 38.3 Å². The molecule has 2 aromatic rings. The molecule has 0 radical (unpaired) electrons. The zero-order valence-corrected chi connectivity index (χ0v) is 16.0. The number of hydrogen-bond donors (Lipinski definition) is 1. The van der Waals surface area contributed by atoms with Crippen LogP contribution in [0.15, 0.2) is 54.6 Å². The van der Waals surface area contributed by atoms with Gasteiger partial charge in [0, 0.05) is 19.1 Å². The first-order valence-electron chi connectivity index (χ1n) is 9.64. The number of rotatable bonds is 7. The van der Waals surface area contributed by atoms with Gasteiger partial charge in [0.15, 0.2) is 6.10 Å². The molecule has 6 heteroatoms. The second-order valence-electron chi connectivity index (χ2n) is 7.13. The van der Waals surface area contributed by atoms with E-state index in [1.54, 1.807) is 11.8 Å². The van der Waals surface area contributed by atoms with Crippen molar-refractivity contribution in [1.82, 2.24) is 10.2 Å². The van der Waals surface area contributed by atoms with Gasteiger partial charge in [-0.15, -0.1) is 0 Å². The number of nitrogens with zero attached hydrogens (tertiary/aromatic N) is 1. The normalized spacial score (nSPS) is 16.7. The largest absolute Gasteiger partial charge is 0.481 e. The van der Waals surface area contributed by atoms with E-state index in [1.165, 1.54) is 0 Å². The van der Waals surface area contributed by atoms with Crippen LogP contribution >= 0.6 is 0 Å². The van der Waals surface area contributed by atoms with E-state index >= 15 is 0 Å². The van der Waals surface area contributed by atoms with Crippen LogP contribution in [0, 0.1) is 0 Å². The van der Waals surface area contributed by atoms with Gasteiger partial charge in [0.05, 0.1) is 6.54 Å². The average molecular weight is 388 g/mol. The smallest absolute Gasteiger partial charge is 0.260 e. The molecule has 1 amide bonds. The number of benzene rings is 2. The molecule has 1 aliphatic heterocycles. The summed E-state index contributed by atoms with van der Waals surface area (Å²) in [5.74, 6) is 0.452. The molecule has 28 heavy (non-hydrogen) atoms. The van der Waals surface area contributed by atoms with Gasteiger partial charge >= 0.3 is 0 Å². The Labute approximate surface area is 164 Å². The summed E-state index contributed by atoms with van der Waals surface area (Å²) in [6, 6.07) is 17.7. The van der Waals surface area contributed by atoms with Crippen LogP contribution in [0.2, 0.25) is 0 Å². The molecule has 150 valence electrons. The fraction of sp³-hybridized carbons (Fsp3) is 0.409. The fourth-order valence-corrected chi connectivity index (χ4v) is 3.39. The third kappa shape index (κ3) is 5.76. The summed E-state index contributed by atoms with van der Waals surface area (Å²) in [5.41, 5.74) is 2.21. The Balaban J connectivity index is 1.47. The van der Waals surface area contributed by atoms with Crippen LogP contribution < -0.4 is 10.1 Å². The molecule has 3 rings (SSSR count). The SMILES string of the molecule is CC(Oc1ccc(-c2ccccc2)cc1)C(=O)NC1CCN(CC(F)F)CC1. The van der Waals surface area contributed by atoms with Crippen molar-refractivity contribution in [3.63, 3.8) is 0 Å². The molecule has 1 saturated heterocycles. The van der Waals surface area contributed by atoms with Crippen molar-refractivity contribution in [1.29, 1.82) is 0 Å². The third-order valence-electron chi connectivity index (χ3n) is 4.97. The number of ether oxygens (including phenoxy) is 1. The van der Waals surface area contributed by atoms with Gasteiger partial charge in [-0.3, -0.25) is 9.69 Å². The number of hydrogen-bond acceptors (Lipinski definition) is 3. The molecule has 0 aromatic heterocycles. The number of piperidine rings is 1. The highest BCUT2D eigenvalue weighted by atomic mass is 19.3. The summed E-state index contributed by atoms with van der Waals surface area (Å²) in [6.45, 7) is 2.67. The molecule has 1 atom stereocenters. The molecule has 0 aliphatic carbocycles. The molecular formula is C22H26F2N2O2. The van der Waals surface area contributed by atoms with Crippen LogP contribution in [0.25, 0.3) is 11.1 Å². The lowest BCUT2D eigenvalue weighted by molar-refractivity contribution is -0.128. The maximum atomic E-state index is 12.4. The quantitative estimate of drug-likeness (QED) is 0.781. The summed E-state index contributed by atoms with van der Waals surface area (Å²) in [5, 5.41) is 2.97. The van der Waals surface area contributed by atoms with E-state index in [0.717, 1.165) is 11.1 Å². The number of carbonyl (C=O) groups is 1. The summed E-state index contributed by atoms with van der Waals surface area (Å²) in [7, 11) is 0. The Hall–Kier alpha value is -2.47. The standard InChI is InChI=1S/C22H26F2N2O2/c1-16(22(27)25-19-11-13-26(14-12-19)15-21(23)24)28-20-9-7-18(8-10-20)17-5-3-2-4-6-17/h2-10,16,19,21H,11-15H2,1H3,(H,25,27). The zero-order valence-electron chi connectivity index (χ0n) is 16.0. The number of likely N-dealkylation sites (tertiary alicyclic amines) is 1. The maximum absolute atomic E-state index is 12.4. The van der Waals surface area contributed by atoms with Crippen molar-refractivity contribution in [2.24, 2.45) is 0 Å². The van der Waals surface area contributed by atoms with E-state index in [-0.39, 0.29) is 18.5 Å². The Morgan fingerprint density at radius 1 is 1.07 bits per heavy atom. The number of amides is 1. The highest BCUT2D eigenvalue weighted by Crippen LogP contribution is 2.22. The summed E-state index contributed by atoms with van der Waals surface area (Å²) in [6.07, 6.45) is -1.58. The number of nitrogens with one attached hydrogen (secondary N) is 1. The van der Waals surface area contributed by atoms with Crippen molar-refractivity contribution in [2.75, 3.05) is 19.6 Å². The van der Waals surface area contributed by atoms with E-state index in [2.05, 4.69) is 5.32 Å². The van der Waals surface area contributed by atoms with Gasteiger partial charge in [-0.1, -0.05) is 42.5 Å². The van der Waals surface area contributed by atoms with Gasteiger partial charge < -0.3 is 10.1 Å². The Kier molecular flexibility index (Phi) is 6.98. The van der Waals surface area contributed by atoms with E-state index in [9.17, 15) is 13.6 Å². The minimum Gasteiger partial charge on any atom is -0.481 e. The van der Waals surface area contributed by atoms with Crippen LogP contribution in [-0.4, -0.2) is 49.0 Å². The van der Waals surface area contributed by atoms with E-state index < -0.39 is 12.5 Å². The molecule has 1 N–H and O–H groups in total. The summed E-state index contributed by atoms with van der Waals surface area (Å²) in [4.78, 5) is 14.1. The van der Waals surface area contributed by atoms with Gasteiger partial charge in [0.2, 0.25) is 0 Å². The zero-order chi connectivity index (χ0) is 19.9. The summed E-state index contributed by atoms with van der Waals surface area (Å²) < 4.78 is 30.6. The minimum atomic E-state index is -2.31. The molecule has 1 fully saturated rings. The first-order valence-corrected chi connectivity index (χ1v) is 9.64. The fourth-order valence-electron chi connectivity index (χ4n) is 3.39. The van der Waals surface area contributed by atoms with Crippen molar-refractivity contribution >= 4 is 5.91 Å². The lowest BCUT2D eigenvalue weighted by Gasteiger charge is -2.32. The van der Waals surface area contributed by atoms with Crippen molar-refractivity contribution in [3.05, 3.63) is 54.6 Å². The summed E-state index contributed by atoms with van der Waals surface area (Å²) >= 11 is 0. The molecule has 4 nitrogen and oxygen atoms in total. The van der Waals surface area contributed by atoms with Gasteiger partial charge in [-0.05, 0) is 43.0 Å². The number of alkyl halides is 2. The highest BCUT2D eigenvalue weighted by molar-refractivity contribution is 5.81. The third-order valence-corrected chi connectivity index (χ3v) is 4.97. The monoisotopic (exact) mass is 388 g/mol. The molecule has 0 spiro atoms. The van der Waals surface area contributed by atoms with Crippen LogP contribution in [0.3, 0.4) is 0 Å². The van der Waals surface area contributed by atoms with Gasteiger partial charge in [0.1, 0.15) is 5.75 Å². The van der Waals surface area contributed by atoms with E-state index in [0.29, 0.717) is 31.7 Å². The second kappa shape index (κ2) is 9.64. The molecule has 0 saturated carbocycles. The molecular weight excluding hydrogens is 362 g/mol. The molecule has 1 heterocycles. The minimum absolute atomic E-state index is 0.00734. The Morgan fingerprint density at radius 2 is 1.68 bits per heavy atom. The lowest BCUT2D eigenvalue weighted by Crippen LogP contribution is -2.48.